The molecule has 2 aliphatic rings. The molecule has 1 unspecified atom stereocenters. The molecular weight excluding hydrogens is 344 g/mol. The third-order valence-corrected chi connectivity index (χ3v) is 5.73. The standard InChI is InChI=1S/C25H20N2O/c1-16(17-5-3-2-4-6-17)22-12-20-13-23-21(11-19(20)14-24(22)28)15-27-25(23)18-7-9-26-10-8-18/h2-13,16H,14-15H2,1H3. The van der Waals surface area contributed by atoms with E-state index in [9.17, 15) is 4.79 Å². The van der Waals surface area contributed by atoms with Crippen LogP contribution in [0.5, 0.6) is 0 Å². The van der Waals surface area contributed by atoms with Gasteiger partial charge < -0.3 is 0 Å². The van der Waals surface area contributed by atoms with Gasteiger partial charge in [-0.2, -0.15) is 0 Å². The fourth-order valence-corrected chi connectivity index (χ4v) is 4.17. The number of aromatic nitrogens is 1. The molecular formula is C25H20N2O. The highest BCUT2D eigenvalue weighted by Crippen LogP contribution is 2.35. The molecule has 1 aromatic heterocycles. The Morgan fingerprint density at radius 2 is 1.75 bits per heavy atom. The molecule has 2 aromatic carbocycles. The smallest absolute Gasteiger partial charge is 0.163 e. The maximum Gasteiger partial charge on any atom is 0.163 e. The van der Waals surface area contributed by atoms with Gasteiger partial charge in [-0.1, -0.05) is 43.3 Å². The number of allylic oxidation sites excluding steroid dienone is 1. The Balaban J connectivity index is 1.57. The van der Waals surface area contributed by atoms with Crippen molar-refractivity contribution in [3.05, 3.63) is 106 Å². The summed E-state index contributed by atoms with van der Waals surface area (Å²) in [6.07, 6.45) is 6.15. The average molecular weight is 364 g/mol. The van der Waals surface area contributed by atoms with Crippen molar-refractivity contribution in [1.82, 2.24) is 4.98 Å². The van der Waals surface area contributed by atoms with E-state index < -0.39 is 0 Å². The zero-order valence-corrected chi connectivity index (χ0v) is 15.7. The van der Waals surface area contributed by atoms with E-state index in [4.69, 9.17) is 4.99 Å². The zero-order valence-electron chi connectivity index (χ0n) is 15.7. The first kappa shape index (κ1) is 16.8. The monoisotopic (exact) mass is 364 g/mol. The maximum absolute atomic E-state index is 12.9. The van der Waals surface area contributed by atoms with Crippen LogP contribution < -0.4 is 0 Å². The van der Waals surface area contributed by atoms with Crippen LogP contribution in [0, 0.1) is 0 Å². The van der Waals surface area contributed by atoms with Gasteiger partial charge in [0.2, 0.25) is 0 Å². The molecule has 1 atom stereocenters. The van der Waals surface area contributed by atoms with Crippen molar-refractivity contribution in [3.8, 4) is 0 Å². The van der Waals surface area contributed by atoms with E-state index in [1.807, 2.05) is 30.3 Å². The van der Waals surface area contributed by atoms with Gasteiger partial charge in [0.1, 0.15) is 0 Å². The minimum atomic E-state index is 0.0865. The van der Waals surface area contributed by atoms with E-state index >= 15 is 0 Å². The summed E-state index contributed by atoms with van der Waals surface area (Å²) in [7, 11) is 0. The Bertz CT molecular complexity index is 1130. The van der Waals surface area contributed by atoms with Gasteiger partial charge in [0.15, 0.2) is 5.78 Å². The summed E-state index contributed by atoms with van der Waals surface area (Å²) in [6, 6.07) is 18.6. The Morgan fingerprint density at radius 3 is 2.54 bits per heavy atom. The lowest BCUT2D eigenvalue weighted by Gasteiger charge is -2.22. The number of fused-ring (bicyclic) bond motifs is 2. The number of ketones is 1. The molecule has 0 bridgehead atoms. The Kier molecular flexibility index (Phi) is 4.01. The maximum atomic E-state index is 12.9. The van der Waals surface area contributed by atoms with Crippen molar-refractivity contribution in [2.75, 3.05) is 0 Å². The highest BCUT2D eigenvalue weighted by Gasteiger charge is 2.26. The van der Waals surface area contributed by atoms with Crippen LogP contribution in [-0.2, 0) is 17.8 Å². The number of hydrogen-bond acceptors (Lipinski definition) is 3. The summed E-state index contributed by atoms with van der Waals surface area (Å²) in [5, 5.41) is 0. The van der Waals surface area contributed by atoms with Crippen LogP contribution in [0.4, 0.5) is 0 Å². The first-order chi connectivity index (χ1) is 13.7. The normalized spacial score (nSPS) is 16.1. The molecule has 0 saturated carbocycles. The largest absolute Gasteiger partial charge is 0.294 e. The van der Waals surface area contributed by atoms with Crippen molar-refractivity contribution in [1.29, 1.82) is 0 Å². The minimum absolute atomic E-state index is 0.0865. The second kappa shape index (κ2) is 6.68. The zero-order chi connectivity index (χ0) is 19.1. The van der Waals surface area contributed by atoms with Crippen LogP contribution in [-0.4, -0.2) is 16.5 Å². The van der Waals surface area contributed by atoms with Gasteiger partial charge in [0.05, 0.1) is 12.3 Å². The molecule has 0 saturated heterocycles. The Hall–Kier alpha value is -3.33. The topological polar surface area (TPSA) is 42.3 Å². The molecule has 3 aromatic rings. The molecule has 0 amide bonds. The van der Waals surface area contributed by atoms with E-state index in [1.54, 1.807) is 12.4 Å². The Labute approximate surface area is 164 Å². The minimum Gasteiger partial charge on any atom is -0.294 e. The lowest BCUT2D eigenvalue weighted by molar-refractivity contribution is -0.115. The van der Waals surface area contributed by atoms with Gasteiger partial charge in [-0.05, 0) is 46.5 Å². The van der Waals surface area contributed by atoms with E-state index in [0.29, 0.717) is 13.0 Å². The first-order valence-electron chi connectivity index (χ1n) is 9.61. The molecule has 1 aliphatic heterocycles. The molecule has 0 radical (unpaired) electrons. The summed E-state index contributed by atoms with van der Waals surface area (Å²) in [5.74, 6) is 0.306. The predicted molar refractivity (Wildman–Crippen MR) is 112 cm³/mol. The average Bonchev–Trinajstić information content (AvgIpc) is 3.15. The second-order valence-corrected chi connectivity index (χ2v) is 7.44. The lowest BCUT2D eigenvalue weighted by atomic mass is 9.81. The van der Waals surface area contributed by atoms with Gasteiger partial charge in [0.25, 0.3) is 0 Å². The molecule has 1 aliphatic carbocycles. The third-order valence-electron chi connectivity index (χ3n) is 5.73. The number of pyridine rings is 1. The van der Waals surface area contributed by atoms with E-state index in [2.05, 4.69) is 42.2 Å². The van der Waals surface area contributed by atoms with Crippen LogP contribution in [0.25, 0.3) is 6.08 Å². The van der Waals surface area contributed by atoms with E-state index in [1.165, 1.54) is 16.7 Å². The van der Waals surface area contributed by atoms with Gasteiger partial charge in [-0.25, -0.2) is 0 Å². The third kappa shape index (κ3) is 2.80. The van der Waals surface area contributed by atoms with Crippen LogP contribution in [0.2, 0.25) is 0 Å². The van der Waals surface area contributed by atoms with Crippen LogP contribution in [0.3, 0.4) is 0 Å². The molecule has 136 valence electrons. The summed E-state index contributed by atoms with van der Waals surface area (Å²) in [5.41, 5.74) is 8.78. The van der Waals surface area contributed by atoms with Crippen LogP contribution >= 0.6 is 0 Å². The molecule has 0 N–H and O–H groups in total. The molecule has 0 spiro atoms. The highest BCUT2D eigenvalue weighted by molar-refractivity contribution is 6.16. The van der Waals surface area contributed by atoms with E-state index in [-0.39, 0.29) is 11.7 Å². The Morgan fingerprint density at radius 1 is 0.964 bits per heavy atom. The number of nitrogens with zero attached hydrogens (tertiary/aromatic N) is 2. The number of carbonyl (C=O) groups is 1. The number of rotatable bonds is 3. The number of Topliss-reactive ketones (excluding diaryl/α,β-unsaturated/α-hetero) is 1. The van der Waals surface area contributed by atoms with Gasteiger partial charge >= 0.3 is 0 Å². The molecule has 2 heterocycles. The van der Waals surface area contributed by atoms with Crippen molar-refractivity contribution < 1.29 is 4.79 Å². The number of aliphatic imine (C=N–C) groups is 1. The summed E-state index contributed by atoms with van der Waals surface area (Å²) < 4.78 is 0. The quantitative estimate of drug-likeness (QED) is 0.673. The van der Waals surface area contributed by atoms with Gasteiger partial charge in [0, 0.05) is 41.4 Å². The van der Waals surface area contributed by atoms with Crippen LogP contribution in [0.1, 0.15) is 46.2 Å². The van der Waals surface area contributed by atoms with E-state index in [0.717, 1.165) is 28.0 Å². The first-order valence-corrected chi connectivity index (χ1v) is 9.61. The molecule has 0 fully saturated rings. The predicted octanol–water partition coefficient (Wildman–Crippen LogP) is 4.74. The SMILES string of the molecule is CC(C1=Cc2cc3c(cc2CC1=O)CN=C3c1ccncc1)c1ccccc1. The lowest BCUT2D eigenvalue weighted by Crippen LogP contribution is -2.17. The number of hydrogen-bond donors (Lipinski definition) is 0. The van der Waals surface area contributed by atoms with Crippen molar-refractivity contribution in [2.45, 2.75) is 25.8 Å². The van der Waals surface area contributed by atoms with Crippen molar-refractivity contribution >= 4 is 17.6 Å². The summed E-state index contributed by atoms with van der Waals surface area (Å²) in [6.45, 7) is 2.78. The highest BCUT2D eigenvalue weighted by atomic mass is 16.1. The summed E-state index contributed by atoms with van der Waals surface area (Å²) in [4.78, 5) is 21.7. The number of carbonyl (C=O) groups excluding carboxylic acids is 1. The van der Waals surface area contributed by atoms with Crippen molar-refractivity contribution in [3.63, 3.8) is 0 Å². The second-order valence-electron chi connectivity index (χ2n) is 7.44. The van der Waals surface area contributed by atoms with Gasteiger partial charge in [-0.15, -0.1) is 0 Å². The van der Waals surface area contributed by atoms with Crippen LogP contribution in [0.15, 0.2) is 77.6 Å². The number of benzene rings is 2. The fourth-order valence-electron chi connectivity index (χ4n) is 4.17. The fraction of sp³-hybridized carbons (Fsp3) is 0.160. The molecule has 3 nitrogen and oxygen atoms in total. The molecule has 28 heavy (non-hydrogen) atoms. The summed E-state index contributed by atoms with van der Waals surface area (Å²) >= 11 is 0. The van der Waals surface area contributed by atoms with Crippen molar-refractivity contribution in [2.24, 2.45) is 4.99 Å². The molecule has 3 heteroatoms. The van der Waals surface area contributed by atoms with Gasteiger partial charge in [-0.3, -0.25) is 14.8 Å². The molecule has 5 rings (SSSR count).